The van der Waals surface area contributed by atoms with Gasteiger partial charge in [-0.1, -0.05) is 48.0 Å². The first-order valence-electron chi connectivity index (χ1n) is 11.8. The highest BCUT2D eigenvalue weighted by molar-refractivity contribution is 7.89. The number of amides is 1. The third kappa shape index (κ3) is 5.54. The number of rotatable bonds is 6. The molecule has 2 heterocycles. The minimum absolute atomic E-state index is 0.174. The third-order valence-corrected chi connectivity index (χ3v) is 8.48. The summed E-state index contributed by atoms with van der Waals surface area (Å²) in [5.41, 5.74) is 1.96. The molecule has 36 heavy (non-hydrogen) atoms. The SMILES string of the molecule is O=C1CN(S(=O)(=O)c2ccc3cc(Cl)ccc3c2)CCN1Cc1ccc(C=NN2CCOCC2)cc1. The van der Waals surface area contributed by atoms with Crippen LogP contribution in [0.2, 0.25) is 5.02 Å². The summed E-state index contributed by atoms with van der Waals surface area (Å²) < 4.78 is 33.0. The second-order valence-corrected chi connectivity index (χ2v) is 11.2. The Labute approximate surface area is 215 Å². The van der Waals surface area contributed by atoms with E-state index in [1.54, 1.807) is 41.3 Å². The number of carbonyl (C=O) groups excluding carboxylic acids is 1. The van der Waals surface area contributed by atoms with Crippen LogP contribution in [0.15, 0.2) is 70.7 Å². The summed E-state index contributed by atoms with van der Waals surface area (Å²) in [5, 5.41) is 8.70. The maximum Gasteiger partial charge on any atom is 0.243 e. The lowest BCUT2D eigenvalue weighted by Crippen LogP contribution is -2.51. The standard InChI is InChI=1S/C26H27ClN4O4S/c27-24-7-5-23-16-25(8-6-22(23)15-24)36(33,34)31-10-9-29(26(32)19-31)18-21-3-1-20(2-4-21)17-28-30-11-13-35-14-12-30/h1-8,15-17H,9-14,18-19H2. The molecular weight excluding hydrogens is 500 g/mol. The molecule has 0 radical (unpaired) electrons. The van der Waals surface area contributed by atoms with Gasteiger partial charge in [0, 0.05) is 24.7 Å². The van der Waals surface area contributed by atoms with E-state index >= 15 is 0 Å². The van der Waals surface area contributed by atoms with Gasteiger partial charge in [-0.2, -0.15) is 9.41 Å². The van der Waals surface area contributed by atoms with E-state index in [2.05, 4.69) is 5.10 Å². The molecule has 2 fully saturated rings. The highest BCUT2D eigenvalue weighted by Crippen LogP contribution is 2.25. The van der Waals surface area contributed by atoms with Gasteiger partial charge in [0.05, 0.1) is 44.0 Å². The van der Waals surface area contributed by atoms with Crippen molar-refractivity contribution in [3.8, 4) is 0 Å². The number of morpholine rings is 1. The van der Waals surface area contributed by atoms with E-state index < -0.39 is 10.0 Å². The van der Waals surface area contributed by atoms with Crippen LogP contribution in [0.25, 0.3) is 10.8 Å². The highest BCUT2D eigenvalue weighted by atomic mass is 35.5. The normalized spacial score (nSPS) is 17.9. The first-order valence-corrected chi connectivity index (χ1v) is 13.6. The first kappa shape index (κ1) is 24.7. The molecule has 8 nitrogen and oxygen atoms in total. The number of benzene rings is 3. The minimum Gasteiger partial charge on any atom is -0.378 e. The van der Waals surface area contributed by atoms with Crippen LogP contribution in [0.4, 0.5) is 0 Å². The fourth-order valence-electron chi connectivity index (χ4n) is 4.31. The lowest BCUT2D eigenvalue weighted by molar-refractivity contribution is -0.134. The Kier molecular flexibility index (Phi) is 7.25. The highest BCUT2D eigenvalue weighted by Gasteiger charge is 2.33. The van der Waals surface area contributed by atoms with Gasteiger partial charge in [-0.15, -0.1) is 0 Å². The van der Waals surface area contributed by atoms with Crippen molar-refractivity contribution in [3.63, 3.8) is 0 Å². The monoisotopic (exact) mass is 526 g/mol. The molecule has 0 aliphatic carbocycles. The molecule has 2 aliphatic heterocycles. The number of sulfonamides is 1. The zero-order valence-corrected chi connectivity index (χ0v) is 21.3. The smallest absolute Gasteiger partial charge is 0.243 e. The number of fused-ring (bicyclic) bond motifs is 1. The summed E-state index contributed by atoms with van der Waals surface area (Å²) in [7, 11) is -3.79. The van der Waals surface area contributed by atoms with Gasteiger partial charge in [-0.25, -0.2) is 8.42 Å². The van der Waals surface area contributed by atoms with Crippen molar-refractivity contribution in [2.45, 2.75) is 11.4 Å². The van der Waals surface area contributed by atoms with E-state index in [0.717, 1.165) is 35.0 Å². The van der Waals surface area contributed by atoms with Crippen LogP contribution in [0.1, 0.15) is 11.1 Å². The van der Waals surface area contributed by atoms with Crippen molar-refractivity contribution in [2.75, 3.05) is 45.9 Å². The van der Waals surface area contributed by atoms with Gasteiger partial charge >= 0.3 is 0 Å². The molecule has 5 rings (SSSR count). The van der Waals surface area contributed by atoms with Crippen molar-refractivity contribution in [1.29, 1.82) is 0 Å². The molecule has 0 saturated carbocycles. The Bertz CT molecular complexity index is 1390. The quantitative estimate of drug-likeness (QED) is 0.461. The van der Waals surface area contributed by atoms with E-state index in [1.807, 2.05) is 35.5 Å². The molecule has 0 aromatic heterocycles. The molecule has 3 aromatic rings. The van der Waals surface area contributed by atoms with Gasteiger partial charge in [0.25, 0.3) is 0 Å². The first-order chi connectivity index (χ1) is 17.4. The predicted octanol–water partition coefficient (Wildman–Crippen LogP) is 3.19. The summed E-state index contributed by atoms with van der Waals surface area (Å²) in [6.07, 6.45) is 1.82. The molecular formula is C26H27ClN4O4S. The fraction of sp³-hybridized carbons (Fsp3) is 0.308. The van der Waals surface area contributed by atoms with E-state index in [4.69, 9.17) is 16.3 Å². The molecule has 1 amide bonds. The molecule has 0 unspecified atom stereocenters. The van der Waals surface area contributed by atoms with Crippen molar-refractivity contribution in [2.24, 2.45) is 5.10 Å². The third-order valence-electron chi connectivity index (χ3n) is 6.41. The average Bonchev–Trinajstić information content (AvgIpc) is 2.89. The molecule has 10 heteroatoms. The number of nitrogens with zero attached hydrogens (tertiary/aromatic N) is 4. The van der Waals surface area contributed by atoms with Crippen LogP contribution in [0.3, 0.4) is 0 Å². The van der Waals surface area contributed by atoms with Gasteiger partial charge in [0.15, 0.2) is 0 Å². The molecule has 3 aromatic carbocycles. The van der Waals surface area contributed by atoms with Crippen molar-refractivity contribution >= 4 is 44.5 Å². The van der Waals surface area contributed by atoms with Crippen molar-refractivity contribution in [3.05, 3.63) is 76.8 Å². The Balaban J connectivity index is 1.20. The predicted molar refractivity (Wildman–Crippen MR) is 140 cm³/mol. The van der Waals surface area contributed by atoms with Crippen LogP contribution in [-0.4, -0.2) is 80.7 Å². The van der Waals surface area contributed by atoms with Crippen LogP contribution in [0, 0.1) is 0 Å². The number of piperazine rings is 1. The number of halogens is 1. The van der Waals surface area contributed by atoms with Crippen LogP contribution >= 0.6 is 11.6 Å². The molecule has 2 saturated heterocycles. The molecule has 0 bridgehead atoms. The Morgan fingerprint density at radius 1 is 0.917 bits per heavy atom. The zero-order valence-electron chi connectivity index (χ0n) is 19.7. The summed E-state index contributed by atoms with van der Waals surface area (Å²) in [4.78, 5) is 14.7. The number of hydrazone groups is 1. The largest absolute Gasteiger partial charge is 0.378 e. The topological polar surface area (TPSA) is 82.5 Å². The summed E-state index contributed by atoms with van der Waals surface area (Å²) in [6.45, 7) is 3.79. The zero-order chi connectivity index (χ0) is 25.1. The Morgan fingerprint density at radius 2 is 1.64 bits per heavy atom. The van der Waals surface area contributed by atoms with Gasteiger partial charge in [-0.05, 0) is 46.2 Å². The Hall–Kier alpha value is -2.98. The Morgan fingerprint density at radius 3 is 2.39 bits per heavy atom. The molecule has 0 N–H and O–H groups in total. The average molecular weight is 527 g/mol. The van der Waals surface area contributed by atoms with Crippen LogP contribution in [0.5, 0.6) is 0 Å². The molecule has 2 aliphatic rings. The maximum atomic E-state index is 13.2. The summed E-state index contributed by atoms with van der Waals surface area (Å²) in [5.74, 6) is -0.213. The minimum atomic E-state index is -3.79. The molecule has 0 atom stereocenters. The van der Waals surface area contributed by atoms with Crippen LogP contribution < -0.4 is 0 Å². The summed E-state index contributed by atoms with van der Waals surface area (Å²) >= 11 is 6.03. The second-order valence-electron chi connectivity index (χ2n) is 8.86. The fourth-order valence-corrected chi connectivity index (χ4v) is 5.91. The number of hydrogen-bond donors (Lipinski definition) is 0. The summed E-state index contributed by atoms with van der Waals surface area (Å²) in [6, 6.07) is 18.1. The number of carbonyl (C=O) groups is 1. The van der Waals surface area contributed by atoms with Gasteiger partial charge < -0.3 is 9.64 Å². The van der Waals surface area contributed by atoms with Gasteiger partial charge in [0.1, 0.15) is 0 Å². The lowest BCUT2D eigenvalue weighted by Gasteiger charge is -2.33. The van der Waals surface area contributed by atoms with Crippen molar-refractivity contribution in [1.82, 2.24) is 14.2 Å². The van der Waals surface area contributed by atoms with Gasteiger partial charge in [0.2, 0.25) is 15.9 Å². The maximum absolute atomic E-state index is 13.2. The van der Waals surface area contributed by atoms with Crippen molar-refractivity contribution < 1.29 is 17.9 Å². The molecule has 0 spiro atoms. The van der Waals surface area contributed by atoms with E-state index in [1.165, 1.54) is 4.31 Å². The second kappa shape index (κ2) is 10.6. The lowest BCUT2D eigenvalue weighted by atomic mass is 10.1. The van der Waals surface area contributed by atoms with Crippen LogP contribution in [-0.2, 0) is 26.1 Å². The van der Waals surface area contributed by atoms with E-state index in [0.29, 0.717) is 31.3 Å². The van der Waals surface area contributed by atoms with E-state index in [-0.39, 0.29) is 23.9 Å². The molecule has 188 valence electrons. The van der Waals surface area contributed by atoms with Gasteiger partial charge in [-0.3, -0.25) is 9.80 Å². The number of hydrogen-bond acceptors (Lipinski definition) is 6. The van der Waals surface area contributed by atoms with E-state index in [9.17, 15) is 13.2 Å². The number of ether oxygens (including phenoxy) is 1.